The largest absolute Gasteiger partial charge is 0.507 e. The Kier molecular flexibility index (Phi) is 5.74. The van der Waals surface area contributed by atoms with Crippen molar-refractivity contribution in [3.63, 3.8) is 0 Å². The van der Waals surface area contributed by atoms with E-state index in [1.54, 1.807) is 19.1 Å². The number of aromatic hydroxyl groups is 1. The molecule has 0 bridgehead atoms. The van der Waals surface area contributed by atoms with Gasteiger partial charge in [-0.1, -0.05) is 0 Å². The SMILES string of the molecule is CSCC(C)(O)CNC(=O)c1cc(I)ccc1O. The summed E-state index contributed by atoms with van der Waals surface area (Å²) in [6, 6.07) is 4.81. The Morgan fingerprint density at radius 3 is 2.83 bits per heavy atom. The fraction of sp³-hybridized carbons (Fsp3) is 0.417. The van der Waals surface area contributed by atoms with Gasteiger partial charge in [-0.3, -0.25) is 4.79 Å². The average molecular weight is 381 g/mol. The summed E-state index contributed by atoms with van der Waals surface area (Å²) >= 11 is 3.58. The van der Waals surface area contributed by atoms with Crippen LogP contribution in [-0.2, 0) is 0 Å². The zero-order chi connectivity index (χ0) is 13.8. The van der Waals surface area contributed by atoms with Gasteiger partial charge in [0.25, 0.3) is 5.91 Å². The van der Waals surface area contributed by atoms with Gasteiger partial charge in [-0.05, 0) is 54.0 Å². The van der Waals surface area contributed by atoms with Crippen molar-refractivity contribution in [2.45, 2.75) is 12.5 Å². The van der Waals surface area contributed by atoms with E-state index in [0.717, 1.165) is 3.57 Å². The number of phenols is 1. The number of nitrogens with one attached hydrogen (secondary N) is 1. The molecule has 0 aromatic heterocycles. The quantitative estimate of drug-likeness (QED) is 0.681. The molecular weight excluding hydrogens is 365 g/mol. The minimum absolute atomic E-state index is 0.0579. The van der Waals surface area contributed by atoms with E-state index in [2.05, 4.69) is 27.9 Å². The van der Waals surface area contributed by atoms with E-state index in [1.807, 2.05) is 6.26 Å². The van der Waals surface area contributed by atoms with Crippen LogP contribution in [0, 0.1) is 3.57 Å². The normalized spacial score (nSPS) is 14.0. The number of carbonyl (C=O) groups excluding carboxylic acids is 1. The lowest BCUT2D eigenvalue weighted by atomic mass is 10.1. The van der Waals surface area contributed by atoms with Crippen molar-refractivity contribution < 1.29 is 15.0 Å². The first kappa shape index (κ1) is 15.6. The number of rotatable bonds is 5. The fourth-order valence-electron chi connectivity index (χ4n) is 1.42. The van der Waals surface area contributed by atoms with Crippen LogP contribution in [0.15, 0.2) is 18.2 Å². The molecule has 1 aromatic carbocycles. The summed E-state index contributed by atoms with van der Waals surface area (Å²) in [5, 5.41) is 22.2. The lowest BCUT2D eigenvalue weighted by Gasteiger charge is -2.22. The van der Waals surface area contributed by atoms with Crippen molar-refractivity contribution >= 4 is 40.3 Å². The molecule has 1 unspecified atom stereocenters. The van der Waals surface area contributed by atoms with E-state index in [9.17, 15) is 15.0 Å². The molecule has 18 heavy (non-hydrogen) atoms. The summed E-state index contributed by atoms with van der Waals surface area (Å²) in [4.78, 5) is 11.9. The minimum Gasteiger partial charge on any atom is -0.507 e. The molecule has 1 amide bonds. The summed E-state index contributed by atoms with van der Waals surface area (Å²) in [5.41, 5.74) is -0.728. The molecule has 1 aromatic rings. The Morgan fingerprint density at radius 1 is 1.56 bits per heavy atom. The van der Waals surface area contributed by atoms with Gasteiger partial charge in [0.1, 0.15) is 5.75 Å². The summed E-state index contributed by atoms with van der Waals surface area (Å²) in [5.74, 6) is 0.0933. The Hall–Kier alpha value is -0.470. The number of hydrogen-bond donors (Lipinski definition) is 3. The van der Waals surface area contributed by atoms with Gasteiger partial charge in [-0.2, -0.15) is 11.8 Å². The van der Waals surface area contributed by atoms with E-state index >= 15 is 0 Å². The van der Waals surface area contributed by atoms with Crippen LogP contribution in [0.3, 0.4) is 0 Å². The average Bonchev–Trinajstić information content (AvgIpc) is 2.29. The predicted molar refractivity (Wildman–Crippen MR) is 82.2 cm³/mol. The molecule has 1 atom stereocenters. The number of hydrogen-bond acceptors (Lipinski definition) is 4. The van der Waals surface area contributed by atoms with E-state index < -0.39 is 5.60 Å². The van der Waals surface area contributed by atoms with E-state index in [-0.39, 0.29) is 23.8 Å². The third-order valence-corrected chi connectivity index (χ3v) is 3.87. The van der Waals surface area contributed by atoms with Gasteiger partial charge in [0.05, 0.1) is 11.2 Å². The topological polar surface area (TPSA) is 69.6 Å². The number of halogens is 1. The Bertz CT molecular complexity index is 437. The molecule has 100 valence electrons. The molecule has 0 aliphatic rings. The Labute approximate surface area is 124 Å². The number of amides is 1. The van der Waals surface area contributed by atoms with Gasteiger partial charge in [0.2, 0.25) is 0 Å². The van der Waals surface area contributed by atoms with Crippen molar-refractivity contribution in [3.8, 4) is 5.75 Å². The molecule has 0 saturated heterocycles. The van der Waals surface area contributed by atoms with Crippen molar-refractivity contribution in [3.05, 3.63) is 27.3 Å². The molecule has 4 nitrogen and oxygen atoms in total. The second-order valence-electron chi connectivity index (χ2n) is 4.27. The first-order valence-corrected chi connectivity index (χ1v) is 7.81. The standard InChI is InChI=1S/C12H16INO3S/c1-12(17,7-18-2)6-14-11(16)9-5-8(13)3-4-10(9)15/h3-5,15,17H,6-7H2,1-2H3,(H,14,16). The molecule has 3 N–H and O–H groups in total. The molecule has 6 heteroatoms. The van der Waals surface area contributed by atoms with Crippen molar-refractivity contribution in [1.29, 1.82) is 0 Å². The maximum Gasteiger partial charge on any atom is 0.255 e. The smallest absolute Gasteiger partial charge is 0.255 e. The van der Waals surface area contributed by atoms with Crippen LogP contribution >= 0.6 is 34.4 Å². The highest BCUT2D eigenvalue weighted by Gasteiger charge is 2.21. The van der Waals surface area contributed by atoms with Crippen LogP contribution in [0.5, 0.6) is 5.75 Å². The van der Waals surface area contributed by atoms with E-state index in [0.29, 0.717) is 5.75 Å². The molecule has 0 spiro atoms. The van der Waals surface area contributed by atoms with Crippen LogP contribution in [0.1, 0.15) is 17.3 Å². The molecule has 0 radical (unpaired) electrons. The summed E-state index contributed by atoms with van der Waals surface area (Å²) < 4.78 is 0.867. The first-order valence-electron chi connectivity index (χ1n) is 5.34. The van der Waals surface area contributed by atoms with Crippen LogP contribution in [0.2, 0.25) is 0 Å². The lowest BCUT2D eigenvalue weighted by Crippen LogP contribution is -2.42. The highest BCUT2D eigenvalue weighted by atomic mass is 127. The van der Waals surface area contributed by atoms with Gasteiger partial charge >= 0.3 is 0 Å². The van der Waals surface area contributed by atoms with Crippen LogP contribution < -0.4 is 5.32 Å². The monoisotopic (exact) mass is 381 g/mol. The van der Waals surface area contributed by atoms with E-state index in [4.69, 9.17) is 0 Å². The maximum atomic E-state index is 11.9. The molecule has 0 aliphatic heterocycles. The molecule has 0 fully saturated rings. The van der Waals surface area contributed by atoms with Crippen molar-refractivity contribution in [2.75, 3.05) is 18.6 Å². The first-order chi connectivity index (χ1) is 8.35. The van der Waals surface area contributed by atoms with Crippen molar-refractivity contribution in [2.24, 2.45) is 0 Å². The number of thioether (sulfide) groups is 1. The second kappa shape index (κ2) is 6.63. The predicted octanol–water partition coefficient (Wildman–Crippen LogP) is 1.84. The van der Waals surface area contributed by atoms with E-state index in [1.165, 1.54) is 17.8 Å². The van der Waals surface area contributed by atoms with Gasteiger partial charge < -0.3 is 15.5 Å². The Balaban J connectivity index is 2.69. The summed E-state index contributed by atoms with van der Waals surface area (Å²) in [6.45, 7) is 1.82. The summed E-state index contributed by atoms with van der Waals surface area (Å²) in [6.07, 6.45) is 1.89. The van der Waals surface area contributed by atoms with Crippen molar-refractivity contribution in [1.82, 2.24) is 5.32 Å². The van der Waals surface area contributed by atoms with Gasteiger partial charge in [-0.25, -0.2) is 0 Å². The maximum absolute atomic E-state index is 11.9. The van der Waals surface area contributed by atoms with Gasteiger partial charge in [0, 0.05) is 15.9 Å². The molecule has 0 aliphatic carbocycles. The zero-order valence-corrected chi connectivity index (χ0v) is 13.2. The fourth-order valence-corrected chi connectivity index (χ4v) is 2.63. The minimum atomic E-state index is -0.952. The number of benzene rings is 1. The van der Waals surface area contributed by atoms with Crippen LogP contribution in [0.4, 0.5) is 0 Å². The number of aliphatic hydroxyl groups is 1. The van der Waals surface area contributed by atoms with Gasteiger partial charge in [-0.15, -0.1) is 0 Å². The number of carbonyl (C=O) groups is 1. The number of phenolic OH excluding ortho intramolecular Hbond substituents is 1. The van der Waals surface area contributed by atoms with Crippen LogP contribution in [0.25, 0.3) is 0 Å². The second-order valence-corrected chi connectivity index (χ2v) is 6.39. The van der Waals surface area contributed by atoms with Crippen LogP contribution in [-0.4, -0.2) is 40.3 Å². The highest BCUT2D eigenvalue weighted by Crippen LogP contribution is 2.19. The molecule has 1 rings (SSSR count). The third-order valence-electron chi connectivity index (χ3n) is 2.29. The van der Waals surface area contributed by atoms with Gasteiger partial charge in [0.15, 0.2) is 0 Å². The summed E-state index contributed by atoms with van der Waals surface area (Å²) in [7, 11) is 0. The molecule has 0 saturated carbocycles. The molecular formula is C12H16INO3S. The Morgan fingerprint density at radius 2 is 2.22 bits per heavy atom. The highest BCUT2D eigenvalue weighted by molar-refractivity contribution is 14.1. The lowest BCUT2D eigenvalue weighted by molar-refractivity contribution is 0.0723. The zero-order valence-electron chi connectivity index (χ0n) is 10.2. The third kappa shape index (κ3) is 4.66. The molecule has 0 heterocycles.